The number of aryl methyl sites for hydroxylation is 1. The summed E-state index contributed by atoms with van der Waals surface area (Å²) >= 11 is 6.41. The molecule has 1 atom stereocenters. The summed E-state index contributed by atoms with van der Waals surface area (Å²) < 4.78 is 1.77. The highest BCUT2D eigenvalue weighted by Gasteiger charge is 2.17. The Morgan fingerprint density at radius 1 is 1.05 bits per heavy atom. The number of hydrogen-bond acceptors (Lipinski definition) is 5. The van der Waals surface area contributed by atoms with Crippen molar-refractivity contribution in [1.29, 1.82) is 0 Å². The van der Waals surface area contributed by atoms with Gasteiger partial charge in [-0.3, -0.25) is 9.59 Å². The Kier molecular flexibility index (Phi) is 10.4. The largest absolute Gasteiger partial charge is 0.396 e. The van der Waals surface area contributed by atoms with Gasteiger partial charge in [-0.15, -0.1) is 0 Å². The molecule has 0 spiro atoms. The molecule has 3 aromatic rings. The lowest BCUT2D eigenvalue weighted by Gasteiger charge is -2.19. The van der Waals surface area contributed by atoms with Crippen LogP contribution in [0.4, 0.5) is 0 Å². The van der Waals surface area contributed by atoms with E-state index in [0.29, 0.717) is 53.8 Å². The number of halogens is 1. The zero-order valence-electron chi connectivity index (χ0n) is 21.7. The fraction of sp³-hybridized carbons (Fsp3) is 0.414. The van der Waals surface area contributed by atoms with Crippen LogP contribution < -0.4 is 5.32 Å². The van der Waals surface area contributed by atoms with E-state index in [2.05, 4.69) is 24.1 Å². The van der Waals surface area contributed by atoms with Crippen molar-refractivity contribution in [1.82, 2.24) is 14.9 Å². The summed E-state index contributed by atoms with van der Waals surface area (Å²) in [6, 6.07) is 12.9. The van der Waals surface area contributed by atoms with Gasteiger partial charge in [0.1, 0.15) is 0 Å². The SMILES string of the molecule is CC(=O)c1nc(-c2ccc(C[C@@H](CCO)NC(=O)c3ccc(CC(C)C)c(Cl)c3)cc2)cn1CCCO. The van der Waals surface area contributed by atoms with Crippen LogP contribution in [0.5, 0.6) is 0 Å². The van der Waals surface area contributed by atoms with Gasteiger partial charge in [0.2, 0.25) is 0 Å². The van der Waals surface area contributed by atoms with Gasteiger partial charge < -0.3 is 20.1 Å². The molecular weight excluding hydrogens is 490 g/mol. The normalized spacial score (nSPS) is 12.1. The van der Waals surface area contributed by atoms with Crippen LogP contribution in [0.3, 0.4) is 0 Å². The number of benzene rings is 2. The van der Waals surface area contributed by atoms with E-state index in [0.717, 1.165) is 23.1 Å². The Morgan fingerprint density at radius 3 is 2.38 bits per heavy atom. The number of ketones is 1. The molecular formula is C29H36ClN3O4. The van der Waals surface area contributed by atoms with E-state index in [4.69, 9.17) is 16.7 Å². The number of hydrogen-bond donors (Lipinski definition) is 3. The molecule has 2 aromatic carbocycles. The summed E-state index contributed by atoms with van der Waals surface area (Å²) in [5.74, 6) is 0.490. The van der Waals surface area contributed by atoms with Gasteiger partial charge in [0.25, 0.3) is 5.91 Å². The van der Waals surface area contributed by atoms with Crippen molar-refractivity contribution in [3.63, 3.8) is 0 Å². The van der Waals surface area contributed by atoms with Gasteiger partial charge in [-0.2, -0.15) is 0 Å². The predicted octanol–water partition coefficient (Wildman–Crippen LogP) is 4.71. The Hall–Kier alpha value is -3.00. The highest BCUT2D eigenvalue weighted by atomic mass is 35.5. The van der Waals surface area contributed by atoms with Crippen molar-refractivity contribution in [2.24, 2.45) is 5.92 Å². The average molecular weight is 526 g/mol. The first-order chi connectivity index (χ1) is 17.7. The minimum atomic E-state index is -0.250. The number of carbonyl (C=O) groups is 2. The topological polar surface area (TPSA) is 104 Å². The van der Waals surface area contributed by atoms with Gasteiger partial charge in [0, 0.05) is 55.1 Å². The number of aromatic nitrogens is 2. The zero-order valence-corrected chi connectivity index (χ0v) is 22.5. The van der Waals surface area contributed by atoms with E-state index in [-0.39, 0.29) is 30.9 Å². The van der Waals surface area contributed by atoms with Crippen molar-refractivity contribution in [2.75, 3.05) is 13.2 Å². The fourth-order valence-corrected chi connectivity index (χ4v) is 4.55. The molecule has 1 amide bonds. The number of amides is 1. The molecule has 0 aliphatic carbocycles. The maximum atomic E-state index is 12.9. The van der Waals surface area contributed by atoms with E-state index >= 15 is 0 Å². The van der Waals surface area contributed by atoms with E-state index < -0.39 is 0 Å². The lowest BCUT2D eigenvalue weighted by molar-refractivity contribution is 0.0929. The lowest BCUT2D eigenvalue weighted by Crippen LogP contribution is -2.37. The number of aliphatic hydroxyl groups excluding tert-OH is 2. The first-order valence-corrected chi connectivity index (χ1v) is 13.1. The van der Waals surface area contributed by atoms with Crippen LogP contribution in [0.2, 0.25) is 5.02 Å². The zero-order chi connectivity index (χ0) is 26.9. The molecule has 0 unspecified atom stereocenters. The van der Waals surface area contributed by atoms with Crippen molar-refractivity contribution in [2.45, 2.75) is 59.0 Å². The molecule has 0 aliphatic heterocycles. The second-order valence-electron chi connectivity index (χ2n) is 9.76. The summed E-state index contributed by atoms with van der Waals surface area (Å²) in [5, 5.41) is 22.3. The predicted molar refractivity (Wildman–Crippen MR) is 146 cm³/mol. The van der Waals surface area contributed by atoms with Gasteiger partial charge in [-0.05, 0) is 54.9 Å². The second-order valence-corrected chi connectivity index (χ2v) is 10.2. The van der Waals surface area contributed by atoms with Crippen LogP contribution in [0, 0.1) is 5.92 Å². The van der Waals surface area contributed by atoms with Gasteiger partial charge >= 0.3 is 0 Å². The number of rotatable bonds is 13. The van der Waals surface area contributed by atoms with Crippen molar-refractivity contribution >= 4 is 23.3 Å². The van der Waals surface area contributed by atoms with Gasteiger partial charge in [0.05, 0.1) is 5.69 Å². The minimum absolute atomic E-state index is 0.0432. The highest BCUT2D eigenvalue weighted by molar-refractivity contribution is 6.31. The van der Waals surface area contributed by atoms with Crippen LogP contribution in [-0.2, 0) is 19.4 Å². The maximum Gasteiger partial charge on any atom is 0.251 e. The van der Waals surface area contributed by atoms with E-state index in [1.54, 1.807) is 16.7 Å². The highest BCUT2D eigenvalue weighted by Crippen LogP contribution is 2.23. The number of Topliss-reactive ketones (excluding diaryl/α,β-unsaturated/α-hetero) is 1. The molecule has 0 aliphatic rings. The Balaban J connectivity index is 1.70. The molecule has 0 fully saturated rings. The minimum Gasteiger partial charge on any atom is -0.396 e. The summed E-state index contributed by atoms with van der Waals surface area (Å²) in [5.41, 5.74) is 4.07. The van der Waals surface area contributed by atoms with Crippen LogP contribution in [0.1, 0.15) is 65.7 Å². The molecule has 3 N–H and O–H groups in total. The van der Waals surface area contributed by atoms with Gasteiger partial charge in [-0.25, -0.2) is 4.98 Å². The maximum absolute atomic E-state index is 12.9. The molecule has 0 bridgehead atoms. The summed E-state index contributed by atoms with van der Waals surface area (Å²) in [6.45, 7) is 6.24. The van der Waals surface area contributed by atoms with Crippen LogP contribution in [0.15, 0.2) is 48.7 Å². The van der Waals surface area contributed by atoms with Gasteiger partial charge in [-0.1, -0.05) is 55.8 Å². The standard InChI is InChI=1S/C29H36ClN3O4/c1-19(2)15-23-9-10-24(17-26(23)30)29(37)31-25(11-14-35)16-21-5-7-22(8-6-21)27-18-33(12-4-13-34)28(32-27)20(3)36/h5-10,17-19,25,34-35H,4,11-16H2,1-3H3,(H,31,37)/t25-/m1/s1. The third-order valence-electron chi connectivity index (χ3n) is 6.14. The molecule has 0 saturated carbocycles. The summed E-state index contributed by atoms with van der Waals surface area (Å²) in [4.78, 5) is 29.4. The Morgan fingerprint density at radius 2 is 1.78 bits per heavy atom. The fourth-order valence-electron chi connectivity index (χ4n) is 4.29. The van der Waals surface area contributed by atoms with Gasteiger partial charge in [0.15, 0.2) is 11.6 Å². The average Bonchev–Trinajstić information content (AvgIpc) is 3.29. The summed E-state index contributed by atoms with van der Waals surface area (Å²) in [6.07, 6.45) is 4.19. The van der Waals surface area contributed by atoms with E-state index in [1.165, 1.54) is 6.92 Å². The number of imidazole rings is 1. The molecule has 0 radical (unpaired) electrons. The number of nitrogens with one attached hydrogen (secondary N) is 1. The van der Waals surface area contributed by atoms with E-state index in [1.807, 2.05) is 36.5 Å². The molecule has 37 heavy (non-hydrogen) atoms. The molecule has 8 heteroatoms. The number of aliphatic hydroxyl groups is 2. The van der Waals surface area contributed by atoms with E-state index in [9.17, 15) is 14.7 Å². The monoisotopic (exact) mass is 525 g/mol. The third-order valence-corrected chi connectivity index (χ3v) is 6.49. The van der Waals surface area contributed by atoms with Crippen LogP contribution in [0.25, 0.3) is 11.3 Å². The quantitative estimate of drug-likeness (QED) is 0.280. The smallest absolute Gasteiger partial charge is 0.251 e. The molecule has 3 rings (SSSR count). The Bertz CT molecular complexity index is 1200. The molecule has 1 aromatic heterocycles. The molecule has 198 valence electrons. The third kappa shape index (κ3) is 7.99. The Labute approximate surface area is 223 Å². The summed E-state index contributed by atoms with van der Waals surface area (Å²) in [7, 11) is 0. The van der Waals surface area contributed by atoms with Crippen molar-refractivity contribution < 1.29 is 19.8 Å². The molecule has 0 saturated heterocycles. The van der Waals surface area contributed by atoms with Crippen LogP contribution >= 0.6 is 11.6 Å². The molecule has 1 heterocycles. The van der Waals surface area contributed by atoms with Crippen molar-refractivity contribution in [3.8, 4) is 11.3 Å². The van der Waals surface area contributed by atoms with Crippen molar-refractivity contribution in [3.05, 3.63) is 76.2 Å². The number of nitrogens with zero attached hydrogens (tertiary/aromatic N) is 2. The van der Waals surface area contributed by atoms with Crippen LogP contribution in [-0.4, -0.2) is 50.7 Å². The first kappa shape index (κ1) is 28.6. The number of carbonyl (C=O) groups excluding carboxylic acids is 2. The lowest BCUT2D eigenvalue weighted by atomic mass is 10.00. The second kappa shape index (κ2) is 13.5. The first-order valence-electron chi connectivity index (χ1n) is 12.7. The molecule has 7 nitrogen and oxygen atoms in total.